The van der Waals surface area contributed by atoms with Crippen LogP contribution in [0.3, 0.4) is 0 Å². The van der Waals surface area contributed by atoms with Gasteiger partial charge in [0.1, 0.15) is 0 Å². The third kappa shape index (κ3) is 9.72. The van der Waals surface area contributed by atoms with E-state index in [4.69, 9.17) is 13.6 Å². The Bertz CT molecular complexity index is 671. The number of phosphoric ester groups is 1. The highest BCUT2D eigenvalue weighted by atomic mass is 32.2. The SMILES string of the molecule is CC(=O)OCOP1(=O)OCC(C)(C)[C@H](C(=O)NCCC(=O)NCCSC(C)=O)O1. The molecule has 1 aliphatic rings. The van der Waals surface area contributed by atoms with Gasteiger partial charge in [-0.15, -0.1) is 0 Å². The lowest BCUT2D eigenvalue weighted by Crippen LogP contribution is -2.50. The van der Waals surface area contributed by atoms with E-state index < -0.39 is 38.0 Å². The van der Waals surface area contributed by atoms with E-state index in [0.29, 0.717) is 12.3 Å². The van der Waals surface area contributed by atoms with E-state index in [-0.39, 0.29) is 30.6 Å². The summed E-state index contributed by atoms with van der Waals surface area (Å²) in [5.74, 6) is -1.02. The molecular formula is C16H27N2O9PS. The maximum absolute atomic E-state index is 12.5. The zero-order chi connectivity index (χ0) is 22.1. The molecule has 1 heterocycles. The Balaban J connectivity index is 2.46. The number of esters is 1. The van der Waals surface area contributed by atoms with Gasteiger partial charge in [-0.05, 0) is 0 Å². The standard InChI is InChI=1S/C16H27N2O9PS/c1-11(19)24-10-26-28(23)25-9-16(3,4)14(27-28)15(22)18-6-5-13(21)17-7-8-29-12(2)20/h14H,5-10H2,1-4H3,(H,17,21)(H,18,22)/t14-,28?/m0/s1. The Morgan fingerprint density at radius 3 is 2.48 bits per heavy atom. The van der Waals surface area contributed by atoms with Gasteiger partial charge in [-0.1, -0.05) is 25.6 Å². The van der Waals surface area contributed by atoms with Crippen LogP contribution in [0.2, 0.25) is 0 Å². The van der Waals surface area contributed by atoms with E-state index in [1.165, 1.54) is 6.92 Å². The molecular weight excluding hydrogens is 427 g/mol. The average molecular weight is 454 g/mol. The number of thioether (sulfide) groups is 1. The largest absolute Gasteiger partial charge is 0.478 e. The maximum atomic E-state index is 12.5. The Morgan fingerprint density at radius 1 is 1.17 bits per heavy atom. The van der Waals surface area contributed by atoms with Crippen molar-refractivity contribution in [3.63, 3.8) is 0 Å². The molecule has 1 fully saturated rings. The van der Waals surface area contributed by atoms with E-state index in [2.05, 4.69) is 15.4 Å². The highest BCUT2D eigenvalue weighted by molar-refractivity contribution is 8.13. The molecule has 2 N–H and O–H groups in total. The number of ether oxygens (including phenoxy) is 1. The molecule has 13 heteroatoms. The fourth-order valence-electron chi connectivity index (χ4n) is 2.13. The Labute approximate surface area is 173 Å². The molecule has 0 bridgehead atoms. The summed E-state index contributed by atoms with van der Waals surface area (Å²) in [6, 6.07) is 0. The van der Waals surface area contributed by atoms with E-state index in [0.717, 1.165) is 18.7 Å². The summed E-state index contributed by atoms with van der Waals surface area (Å²) in [6.07, 6.45) is -1.13. The molecule has 0 spiro atoms. The lowest BCUT2D eigenvalue weighted by Gasteiger charge is -2.39. The second-order valence-corrected chi connectivity index (χ2v) is 9.70. The van der Waals surface area contributed by atoms with Crippen LogP contribution in [0.15, 0.2) is 0 Å². The zero-order valence-electron chi connectivity index (χ0n) is 16.8. The molecule has 0 aliphatic carbocycles. The molecule has 1 saturated heterocycles. The van der Waals surface area contributed by atoms with Crippen LogP contribution < -0.4 is 10.6 Å². The number of amides is 2. The van der Waals surface area contributed by atoms with Gasteiger partial charge in [0.2, 0.25) is 18.6 Å². The second-order valence-electron chi connectivity index (χ2n) is 6.81. The van der Waals surface area contributed by atoms with Gasteiger partial charge in [-0.3, -0.25) is 28.2 Å². The minimum Gasteiger partial charge on any atom is -0.438 e. The highest BCUT2D eigenvalue weighted by Crippen LogP contribution is 2.57. The monoisotopic (exact) mass is 454 g/mol. The molecule has 1 unspecified atom stereocenters. The first kappa shape index (κ1) is 25.6. The van der Waals surface area contributed by atoms with E-state index >= 15 is 0 Å². The van der Waals surface area contributed by atoms with Crippen LogP contribution in [0.1, 0.15) is 34.1 Å². The number of hydrogen-bond donors (Lipinski definition) is 2. The van der Waals surface area contributed by atoms with Crippen molar-refractivity contribution in [3.8, 4) is 0 Å². The molecule has 1 aliphatic heterocycles. The molecule has 0 aromatic rings. The Kier molecular flexibility index (Phi) is 10.3. The molecule has 0 radical (unpaired) electrons. The molecule has 0 aromatic heterocycles. The maximum Gasteiger partial charge on any atom is 0.478 e. The molecule has 11 nitrogen and oxygen atoms in total. The lowest BCUT2D eigenvalue weighted by molar-refractivity contribution is -0.153. The fourth-order valence-corrected chi connectivity index (χ4v) is 4.13. The third-order valence-corrected chi connectivity index (χ3v) is 5.78. The zero-order valence-corrected chi connectivity index (χ0v) is 18.6. The van der Waals surface area contributed by atoms with Gasteiger partial charge in [0.05, 0.1) is 6.61 Å². The summed E-state index contributed by atoms with van der Waals surface area (Å²) >= 11 is 1.11. The lowest BCUT2D eigenvalue weighted by atomic mass is 9.87. The first-order valence-electron chi connectivity index (χ1n) is 8.84. The summed E-state index contributed by atoms with van der Waals surface area (Å²) in [6.45, 7) is 5.64. The van der Waals surface area contributed by atoms with Gasteiger partial charge in [0, 0.05) is 44.5 Å². The average Bonchev–Trinajstić information content (AvgIpc) is 2.60. The number of carbonyl (C=O) groups excluding carboxylic acids is 4. The van der Waals surface area contributed by atoms with Gasteiger partial charge in [-0.2, -0.15) is 0 Å². The van der Waals surface area contributed by atoms with Crippen LogP contribution >= 0.6 is 19.6 Å². The van der Waals surface area contributed by atoms with Crippen molar-refractivity contribution in [2.75, 3.05) is 32.2 Å². The molecule has 29 heavy (non-hydrogen) atoms. The number of phosphoric acid groups is 1. The van der Waals surface area contributed by atoms with Crippen LogP contribution in [0.5, 0.6) is 0 Å². The number of hydrogen-bond acceptors (Lipinski definition) is 10. The quantitative estimate of drug-likeness (QED) is 0.212. The summed E-state index contributed by atoms with van der Waals surface area (Å²) in [5.41, 5.74) is -0.811. The topological polar surface area (TPSA) is 146 Å². The minimum absolute atomic E-state index is 0.0280. The van der Waals surface area contributed by atoms with Gasteiger partial charge < -0.3 is 15.4 Å². The van der Waals surface area contributed by atoms with Gasteiger partial charge in [0.25, 0.3) is 0 Å². The first-order valence-corrected chi connectivity index (χ1v) is 11.3. The normalized spacial score (nSPS) is 23.1. The van der Waals surface area contributed by atoms with Crippen LogP contribution in [0.4, 0.5) is 0 Å². The Hall–Kier alpha value is -1.46. The summed E-state index contributed by atoms with van der Waals surface area (Å²) in [4.78, 5) is 45.8. The van der Waals surface area contributed by atoms with E-state index in [1.54, 1.807) is 13.8 Å². The Morgan fingerprint density at radius 2 is 1.86 bits per heavy atom. The number of rotatable bonds is 10. The van der Waals surface area contributed by atoms with Crippen molar-refractivity contribution in [2.45, 2.75) is 40.2 Å². The van der Waals surface area contributed by atoms with Gasteiger partial charge in [-0.25, -0.2) is 9.09 Å². The minimum atomic E-state index is -4.08. The summed E-state index contributed by atoms with van der Waals surface area (Å²) < 4.78 is 32.2. The molecule has 2 atom stereocenters. The van der Waals surface area contributed by atoms with Crippen molar-refractivity contribution in [2.24, 2.45) is 5.41 Å². The number of nitrogens with one attached hydrogen (secondary N) is 2. The predicted molar refractivity (Wildman–Crippen MR) is 104 cm³/mol. The first-order chi connectivity index (χ1) is 13.4. The molecule has 1 rings (SSSR count). The third-order valence-electron chi connectivity index (χ3n) is 3.63. The van der Waals surface area contributed by atoms with E-state index in [1.807, 2.05) is 0 Å². The van der Waals surface area contributed by atoms with Gasteiger partial charge in [0.15, 0.2) is 11.2 Å². The van der Waals surface area contributed by atoms with Crippen LogP contribution in [0.25, 0.3) is 0 Å². The van der Waals surface area contributed by atoms with Crippen molar-refractivity contribution >= 4 is 42.5 Å². The molecule has 0 aromatic carbocycles. The van der Waals surface area contributed by atoms with Crippen molar-refractivity contribution < 1.29 is 42.1 Å². The predicted octanol–water partition coefficient (Wildman–Crippen LogP) is 0.976. The van der Waals surface area contributed by atoms with Crippen molar-refractivity contribution in [1.29, 1.82) is 0 Å². The fraction of sp³-hybridized carbons (Fsp3) is 0.750. The molecule has 166 valence electrons. The summed E-state index contributed by atoms with van der Waals surface area (Å²) in [7, 11) is -4.08. The molecule has 0 saturated carbocycles. The van der Waals surface area contributed by atoms with Crippen molar-refractivity contribution in [3.05, 3.63) is 0 Å². The second kappa shape index (κ2) is 11.7. The van der Waals surface area contributed by atoms with Crippen LogP contribution in [-0.4, -0.2) is 61.2 Å². The highest BCUT2D eigenvalue weighted by Gasteiger charge is 2.49. The van der Waals surface area contributed by atoms with Crippen molar-refractivity contribution in [1.82, 2.24) is 10.6 Å². The smallest absolute Gasteiger partial charge is 0.438 e. The van der Waals surface area contributed by atoms with Gasteiger partial charge >= 0.3 is 13.8 Å². The summed E-state index contributed by atoms with van der Waals surface area (Å²) in [5, 5.41) is 5.16. The number of carbonyl (C=O) groups is 4. The van der Waals surface area contributed by atoms with E-state index in [9.17, 15) is 23.7 Å². The van der Waals surface area contributed by atoms with Crippen LogP contribution in [-0.2, 0) is 42.1 Å². The van der Waals surface area contributed by atoms with Crippen LogP contribution in [0, 0.1) is 5.41 Å². The molecule has 2 amide bonds.